The average molecular weight is 502 g/mol. The van der Waals surface area contributed by atoms with Gasteiger partial charge in [-0.1, -0.05) is 33.2 Å². The molecule has 2 aromatic rings. The molecule has 0 unspecified atom stereocenters. The average Bonchev–Trinajstić information content (AvgIpc) is 2.72. The quantitative estimate of drug-likeness (QED) is 0.165. The van der Waals surface area contributed by atoms with Crippen molar-refractivity contribution < 1.29 is 37.0 Å². The minimum atomic E-state index is -1.14. The second-order valence-corrected chi connectivity index (χ2v) is 6.87. The molecule has 166 valence electrons. The molecule has 0 radical (unpaired) electrons. The lowest BCUT2D eigenvalue weighted by molar-refractivity contribution is -0.133. The van der Waals surface area contributed by atoms with Gasteiger partial charge in [-0.25, -0.2) is 18.0 Å². The number of hydrogen-bond acceptors (Lipinski definition) is 6. The van der Waals surface area contributed by atoms with Crippen LogP contribution in [0, 0.1) is 17.5 Å². The van der Waals surface area contributed by atoms with Gasteiger partial charge in [-0.2, -0.15) is 0 Å². The van der Waals surface area contributed by atoms with E-state index in [1.807, 2.05) is 0 Å². The van der Waals surface area contributed by atoms with Crippen LogP contribution in [0.2, 0.25) is 0 Å². The number of carbonyl (C=O) groups excluding carboxylic acids is 1. The monoisotopic (exact) mass is 501 g/mol. The van der Waals surface area contributed by atoms with Crippen molar-refractivity contribution in [1.29, 1.82) is 0 Å². The Bertz CT molecular complexity index is 987. The number of rotatable bonds is 9. The minimum absolute atomic E-state index is 0.126. The normalized spacial score (nSPS) is 12.0. The van der Waals surface area contributed by atoms with Crippen LogP contribution in [0.15, 0.2) is 46.2 Å². The van der Waals surface area contributed by atoms with Crippen molar-refractivity contribution >= 4 is 33.2 Å². The van der Waals surface area contributed by atoms with E-state index in [-0.39, 0.29) is 24.5 Å². The standard InChI is InChI=1S/C21H19BrF3NO5/c1-28-9-15(21(27)30-3)13-5-4-6-16(22)14(13)10-31-26-19(11-29-2)20-17(24)7-12(23)8-18(20)25/h4-9H,10-11H2,1-3H3/b15-9+,26-19+. The molecule has 0 spiro atoms. The highest BCUT2D eigenvalue weighted by Gasteiger charge is 2.20. The summed E-state index contributed by atoms with van der Waals surface area (Å²) in [7, 11) is 3.91. The molecule has 0 bridgehead atoms. The number of ether oxygens (including phenoxy) is 3. The van der Waals surface area contributed by atoms with Crippen LogP contribution in [0.5, 0.6) is 0 Å². The molecule has 0 N–H and O–H groups in total. The summed E-state index contributed by atoms with van der Waals surface area (Å²) in [5.74, 6) is -3.99. The van der Waals surface area contributed by atoms with Gasteiger partial charge in [-0.15, -0.1) is 0 Å². The van der Waals surface area contributed by atoms with Crippen LogP contribution in [-0.4, -0.2) is 39.6 Å². The van der Waals surface area contributed by atoms with Crippen LogP contribution in [0.1, 0.15) is 16.7 Å². The topological polar surface area (TPSA) is 66.4 Å². The van der Waals surface area contributed by atoms with E-state index in [0.717, 1.165) is 0 Å². The highest BCUT2D eigenvalue weighted by atomic mass is 79.9. The maximum atomic E-state index is 14.1. The molecule has 0 heterocycles. The van der Waals surface area contributed by atoms with E-state index in [2.05, 4.69) is 21.1 Å². The Morgan fingerprint density at radius 3 is 2.39 bits per heavy atom. The molecule has 2 aromatic carbocycles. The minimum Gasteiger partial charge on any atom is -0.503 e. The van der Waals surface area contributed by atoms with Crippen molar-refractivity contribution in [3.05, 3.63) is 75.2 Å². The third kappa shape index (κ3) is 6.08. The van der Waals surface area contributed by atoms with Gasteiger partial charge < -0.3 is 19.0 Å². The van der Waals surface area contributed by atoms with Gasteiger partial charge in [0.15, 0.2) is 0 Å². The summed E-state index contributed by atoms with van der Waals surface area (Å²) in [6, 6.07) is 6.12. The maximum absolute atomic E-state index is 14.1. The van der Waals surface area contributed by atoms with Gasteiger partial charge in [0.25, 0.3) is 0 Å². The Morgan fingerprint density at radius 1 is 1.13 bits per heavy atom. The molecule has 0 aromatic heterocycles. The Kier molecular flexibility index (Phi) is 9.07. The molecule has 0 aliphatic heterocycles. The van der Waals surface area contributed by atoms with Gasteiger partial charge in [-0.3, -0.25) is 0 Å². The van der Waals surface area contributed by atoms with Crippen LogP contribution in [-0.2, 0) is 30.4 Å². The molecule has 31 heavy (non-hydrogen) atoms. The maximum Gasteiger partial charge on any atom is 0.341 e. The van der Waals surface area contributed by atoms with Crippen molar-refractivity contribution in [2.75, 3.05) is 27.9 Å². The molecule has 10 heteroatoms. The Balaban J connectivity index is 2.40. The molecule has 0 aliphatic carbocycles. The summed E-state index contributed by atoms with van der Waals surface area (Å²) < 4.78 is 56.7. The SMILES string of the molecule is CO/C=C(/C(=O)OC)c1cccc(Br)c1CO/N=C(\COC)c1c(F)cc(F)cc1F. The van der Waals surface area contributed by atoms with Crippen molar-refractivity contribution in [3.63, 3.8) is 0 Å². The van der Waals surface area contributed by atoms with E-state index in [0.29, 0.717) is 27.7 Å². The zero-order valence-corrected chi connectivity index (χ0v) is 18.5. The predicted octanol–water partition coefficient (Wildman–Crippen LogP) is 4.59. The molecule has 0 amide bonds. The largest absolute Gasteiger partial charge is 0.503 e. The van der Waals surface area contributed by atoms with Gasteiger partial charge in [-0.05, 0) is 11.6 Å². The fraction of sp³-hybridized carbons (Fsp3) is 0.238. The molecule has 0 aliphatic rings. The summed E-state index contributed by atoms with van der Waals surface area (Å²) >= 11 is 3.38. The highest BCUT2D eigenvalue weighted by Crippen LogP contribution is 2.28. The number of hydrogen-bond donors (Lipinski definition) is 0. The first-order chi connectivity index (χ1) is 14.8. The number of nitrogens with zero attached hydrogens (tertiary/aromatic N) is 1. The molecular weight excluding hydrogens is 483 g/mol. The number of methoxy groups -OCH3 is 3. The summed E-state index contributed by atoms with van der Waals surface area (Å²) in [6.07, 6.45) is 1.22. The van der Waals surface area contributed by atoms with Crippen molar-refractivity contribution in [2.45, 2.75) is 6.61 Å². The number of carbonyl (C=O) groups is 1. The van der Waals surface area contributed by atoms with Crippen LogP contribution in [0.3, 0.4) is 0 Å². The first kappa shape index (κ1) is 24.4. The van der Waals surface area contributed by atoms with Gasteiger partial charge in [0.1, 0.15) is 35.3 Å². The van der Waals surface area contributed by atoms with Gasteiger partial charge >= 0.3 is 5.97 Å². The first-order valence-electron chi connectivity index (χ1n) is 8.75. The van der Waals surface area contributed by atoms with Crippen LogP contribution in [0.25, 0.3) is 5.57 Å². The van der Waals surface area contributed by atoms with Crippen LogP contribution < -0.4 is 0 Å². The summed E-state index contributed by atoms with van der Waals surface area (Å²) in [4.78, 5) is 17.5. The van der Waals surface area contributed by atoms with E-state index < -0.39 is 29.0 Å². The third-order valence-electron chi connectivity index (χ3n) is 4.01. The first-order valence-corrected chi connectivity index (χ1v) is 9.55. The van der Waals surface area contributed by atoms with Crippen molar-refractivity contribution in [3.8, 4) is 0 Å². The van der Waals surface area contributed by atoms with E-state index in [4.69, 9.17) is 19.0 Å². The predicted molar refractivity (Wildman–Crippen MR) is 111 cm³/mol. The zero-order valence-electron chi connectivity index (χ0n) is 16.9. The fourth-order valence-corrected chi connectivity index (χ4v) is 3.16. The molecule has 0 fully saturated rings. The second kappa shape index (κ2) is 11.5. The fourth-order valence-electron chi connectivity index (χ4n) is 2.68. The van der Waals surface area contributed by atoms with Gasteiger partial charge in [0.05, 0.1) is 32.7 Å². The smallest absolute Gasteiger partial charge is 0.341 e. The van der Waals surface area contributed by atoms with Gasteiger partial charge in [0, 0.05) is 29.3 Å². The number of halogens is 4. The van der Waals surface area contributed by atoms with E-state index in [1.165, 1.54) is 27.6 Å². The summed E-state index contributed by atoms with van der Waals surface area (Å²) in [6.45, 7) is -0.480. The summed E-state index contributed by atoms with van der Waals surface area (Å²) in [5.41, 5.74) is 0.279. The second-order valence-electron chi connectivity index (χ2n) is 6.01. The zero-order chi connectivity index (χ0) is 23.0. The van der Waals surface area contributed by atoms with Crippen LogP contribution >= 0.6 is 15.9 Å². The Hall–Kier alpha value is -2.85. The van der Waals surface area contributed by atoms with Crippen LogP contribution in [0.4, 0.5) is 13.2 Å². The van der Waals surface area contributed by atoms with E-state index >= 15 is 0 Å². The Morgan fingerprint density at radius 2 is 1.81 bits per heavy atom. The number of benzene rings is 2. The lowest BCUT2D eigenvalue weighted by Crippen LogP contribution is -2.15. The molecule has 0 saturated heterocycles. The van der Waals surface area contributed by atoms with E-state index in [1.54, 1.807) is 18.2 Å². The molecule has 0 saturated carbocycles. The lowest BCUT2D eigenvalue weighted by atomic mass is 10.0. The van der Waals surface area contributed by atoms with Crippen molar-refractivity contribution in [1.82, 2.24) is 0 Å². The van der Waals surface area contributed by atoms with E-state index in [9.17, 15) is 18.0 Å². The molecule has 0 atom stereocenters. The summed E-state index contributed by atoms with van der Waals surface area (Å²) in [5, 5.41) is 3.78. The molecule has 2 rings (SSSR count). The number of esters is 1. The number of oxime groups is 1. The lowest BCUT2D eigenvalue weighted by Gasteiger charge is -2.13. The van der Waals surface area contributed by atoms with Gasteiger partial charge in [0.2, 0.25) is 0 Å². The molecule has 6 nitrogen and oxygen atoms in total. The highest BCUT2D eigenvalue weighted by molar-refractivity contribution is 9.10. The Labute approximate surface area is 185 Å². The van der Waals surface area contributed by atoms with Crippen molar-refractivity contribution in [2.24, 2.45) is 5.16 Å². The third-order valence-corrected chi connectivity index (χ3v) is 4.75. The molecular formula is C21H19BrF3NO5.